The van der Waals surface area contributed by atoms with Crippen molar-refractivity contribution in [3.05, 3.63) is 65.5 Å². The Morgan fingerprint density at radius 1 is 1.00 bits per heavy atom. The molecule has 0 unspecified atom stereocenters. The summed E-state index contributed by atoms with van der Waals surface area (Å²) in [6.07, 6.45) is 3.73. The second-order valence-electron chi connectivity index (χ2n) is 6.43. The number of rotatable bonds is 2. The van der Waals surface area contributed by atoms with Crippen molar-refractivity contribution in [3.8, 4) is 17.7 Å². The maximum absolute atomic E-state index is 4.85. The van der Waals surface area contributed by atoms with Crippen molar-refractivity contribution in [2.24, 2.45) is 0 Å². The van der Waals surface area contributed by atoms with Crippen LogP contribution >= 0.6 is 11.8 Å². The third kappa shape index (κ3) is 4.15. The molecule has 1 aliphatic heterocycles. The van der Waals surface area contributed by atoms with Crippen molar-refractivity contribution in [3.63, 3.8) is 0 Å². The van der Waals surface area contributed by atoms with Gasteiger partial charge in [0.15, 0.2) is 0 Å². The molecule has 6 heteroatoms. The average Bonchev–Trinajstić information content (AvgIpc) is 3.08. The van der Waals surface area contributed by atoms with E-state index in [2.05, 4.69) is 38.8 Å². The Morgan fingerprint density at radius 3 is 2.63 bits per heavy atom. The van der Waals surface area contributed by atoms with Crippen molar-refractivity contribution in [2.75, 3.05) is 29.5 Å². The van der Waals surface area contributed by atoms with Crippen LogP contribution in [-0.2, 0) is 0 Å². The van der Waals surface area contributed by atoms with Crippen LogP contribution in [0.2, 0.25) is 0 Å². The Balaban J connectivity index is 1.60. The van der Waals surface area contributed by atoms with Crippen LogP contribution in [0.4, 0.5) is 5.82 Å². The maximum atomic E-state index is 4.85. The van der Waals surface area contributed by atoms with E-state index in [0.29, 0.717) is 0 Å². The highest BCUT2D eigenvalue weighted by Crippen LogP contribution is 2.19. The predicted octanol–water partition coefficient (Wildman–Crippen LogP) is 3.23. The molecule has 1 saturated heterocycles. The van der Waals surface area contributed by atoms with Crippen LogP contribution in [0.25, 0.3) is 5.82 Å². The molecule has 0 atom stereocenters. The molecule has 3 aromatic heterocycles. The molecule has 0 amide bonds. The van der Waals surface area contributed by atoms with Crippen LogP contribution in [0.1, 0.15) is 22.8 Å². The smallest absolute Gasteiger partial charge is 0.140 e. The molecule has 0 aromatic carbocycles. The molecular formula is C21H21N5S. The van der Waals surface area contributed by atoms with Gasteiger partial charge in [0.2, 0.25) is 0 Å². The number of nitrogens with zero attached hydrogens (tertiary/aromatic N) is 5. The number of anilines is 1. The molecular weight excluding hydrogens is 354 g/mol. The first kappa shape index (κ1) is 17.6. The summed E-state index contributed by atoms with van der Waals surface area (Å²) < 4.78 is 2.00. The monoisotopic (exact) mass is 375 g/mol. The zero-order valence-corrected chi connectivity index (χ0v) is 16.3. The molecule has 0 aliphatic carbocycles. The lowest BCUT2D eigenvalue weighted by Crippen LogP contribution is -2.33. The lowest BCUT2D eigenvalue weighted by atomic mass is 10.2. The van der Waals surface area contributed by atoms with Gasteiger partial charge >= 0.3 is 0 Å². The number of thioether (sulfide) groups is 1. The Labute approximate surface area is 163 Å². The number of pyridine rings is 2. The van der Waals surface area contributed by atoms with Crippen molar-refractivity contribution in [1.82, 2.24) is 19.5 Å². The third-order valence-corrected chi connectivity index (χ3v) is 5.36. The number of hydrogen-bond donors (Lipinski definition) is 0. The largest absolute Gasteiger partial charge is 0.355 e. The Hall–Kier alpha value is -2.78. The van der Waals surface area contributed by atoms with Crippen molar-refractivity contribution < 1.29 is 0 Å². The van der Waals surface area contributed by atoms with E-state index in [4.69, 9.17) is 4.98 Å². The molecule has 0 spiro atoms. The molecule has 5 nitrogen and oxygen atoms in total. The van der Waals surface area contributed by atoms with Gasteiger partial charge in [-0.3, -0.25) is 9.55 Å². The van der Waals surface area contributed by atoms with Crippen molar-refractivity contribution in [2.45, 2.75) is 13.8 Å². The summed E-state index contributed by atoms with van der Waals surface area (Å²) in [5.41, 5.74) is 2.64. The SMILES string of the molecule is Cc1cc(C#Cc2cn(-c3cccc(N4CCSCC4)n3)c(C)n2)ccn1. The molecule has 1 fully saturated rings. The van der Waals surface area contributed by atoms with Crippen LogP contribution in [0.15, 0.2) is 42.7 Å². The number of aryl methyl sites for hydroxylation is 2. The summed E-state index contributed by atoms with van der Waals surface area (Å²) in [7, 11) is 0. The predicted molar refractivity (Wildman–Crippen MR) is 111 cm³/mol. The van der Waals surface area contributed by atoms with Crippen LogP contribution < -0.4 is 4.90 Å². The van der Waals surface area contributed by atoms with Gasteiger partial charge in [-0.05, 0) is 44.0 Å². The van der Waals surface area contributed by atoms with Gasteiger partial charge < -0.3 is 4.90 Å². The molecule has 0 saturated carbocycles. The second-order valence-corrected chi connectivity index (χ2v) is 7.66. The minimum absolute atomic E-state index is 0.739. The van der Waals surface area contributed by atoms with Crippen LogP contribution in [-0.4, -0.2) is 44.1 Å². The summed E-state index contributed by atoms with van der Waals surface area (Å²) in [4.78, 5) is 16.0. The lowest BCUT2D eigenvalue weighted by Gasteiger charge is -2.27. The van der Waals surface area contributed by atoms with Gasteiger partial charge in [0, 0.05) is 48.2 Å². The van der Waals surface area contributed by atoms with Gasteiger partial charge in [-0.25, -0.2) is 9.97 Å². The molecule has 1 aliphatic rings. The number of imidazole rings is 1. The molecule has 3 aromatic rings. The molecule has 4 rings (SSSR count). The highest BCUT2D eigenvalue weighted by atomic mass is 32.2. The minimum Gasteiger partial charge on any atom is -0.355 e. The van der Waals surface area contributed by atoms with Gasteiger partial charge in [-0.2, -0.15) is 11.8 Å². The zero-order valence-electron chi connectivity index (χ0n) is 15.5. The quantitative estimate of drug-likeness (QED) is 0.644. The highest BCUT2D eigenvalue weighted by molar-refractivity contribution is 7.99. The van der Waals surface area contributed by atoms with Gasteiger partial charge in [0.1, 0.15) is 23.2 Å². The Morgan fingerprint density at radius 2 is 1.81 bits per heavy atom. The van der Waals surface area contributed by atoms with E-state index in [-0.39, 0.29) is 0 Å². The summed E-state index contributed by atoms with van der Waals surface area (Å²) in [5.74, 6) is 11.4. The van der Waals surface area contributed by atoms with Gasteiger partial charge in [-0.1, -0.05) is 12.0 Å². The summed E-state index contributed by atoms with van der Waals surface area (Å²) in [6.45, 7) is 6.04. The minimum atomic E-state index is 0.739. The van der Waals surface area contributed by atoms with E-state index in [1.807, 2.05) is 54.6 Å². The maximum Gasteiger partial charge on any atom is 0.140 e. The van der Waals surface area contributed by atoms with Crippen LogP contribution in [0.5, 0.6) is 0 Å². The number of aromatic nitrogens is 4. The van der Waals surface area contributed by atoms with E-state index in [0.717, 1.165) is 59.0 Å². The highest BCUT2D eigenvalue weighted by Gasteiger charge is 2.13. The van der Waals surface area contributed by atoms with Crippen LogP contribution in [0, 0.1) is 25.7 Å². The number of hydrogen-bond acceptors (Lipinski definition) is 5. The van der Waals surface area contributed by atoms with E-state index in [1.165, 1.54) is 0 Å². The Kier molecular flexibility index (Phi) is 5.12. The standard InChI is InChI=1S/C21H21N5S/c1-16-14-18(8-9-22-16)6-7-19-15-26(17(2)23-19)21-5-3-4-20(24-21)25-10-12-27-13-11-25/h3-5,8-9,14-15H,10-13H2,1-2H3. The fourth-order valence-electron chi connectivity index (χ4n) is 3.04. The third-order valence-electron chi connectivity index (χ3n) is 4.42. The first-order valence-corrected chi connectivity index (χ1v) is 10.2. The van der Waals surface area contributed by atoms with E-state index in [9.17, 15) is 0 Å². The average molecular weight is 376 g/mol. The van der Waals surface area contributed by atoms with Crippen molar-refractivity contribution in [1.29, 1.82) is 0 Å². The second kappa shape index (κ2) is 7.85. The Bertz CT molecular complexity index is 1010. The van der Waals surface area contributed by atoms with Crippen molar-refractivity contribution >= 4 is 17.6 Å². The first-order chi connectivity index (χ1) is 13.2. The van der Waals surface area contributed by atoms with Crippen LogP contribution in [0.3, 0.4) is 0 Å². The van der Waals surface area contributed by atoms with E-state index < -0.39 is 0 Å². The summed E-state index contributed by atoms with van der Waals surface area (Å²) in [5, 5.41) is 0. The summed E-state index contributed by atoms with van der Waals surface area (Å²) >= 11 is 2.00. The first-order valence-electron chi connectivity index (χ1n) is 9.00. The normalized spacial score (nSPS) is 13.9. The van der Waals surface area contributed by atoms with E-state index >= 15 is 0 Å². The molecule has 136 valence electrons. The molecule has 4 heterocycles. The zero-order chi connectivity index (χ0) is 18.6. The molecule has 0 N–H and O–H groups in total. The van der Waals surface area contributed by atoms with Gasteiger partial charge in [0.25, 0.3) is 0 Å². The fraction of sp³-hybridized carbons (Fsp3) is 0.286. The summed E-state index contributed by atoms with van der Waals surface area (Å²) in [6, 6.07) is 10.0. The molecule has 0 bridgehead atoms. The topological polar surface area (TPSA) is 46.8 Å². The van der Waals surface area contributed by atoms with Gasteiger partial charge in [0.05, 0.1) is 0 Å². The van der Waals surface area contributed by atoms with E-state index in [1.54, 1.807) is 6.20 Å². The lowest BCUT2D eigenvalue weighted by molar-refractivity contribution is 0.828. The fourth-order valence-corrected chi connectivity index (χ4v) is 3.94. The van der Waals surface area contributed by atoms with Gasteiger partial charge in [-0.15, -0.1) is 0 Å². The molecule has 27 heavy (non-hydrogen) atoms. The molecule has 0 radical (unpaired) electrons.